The fraction of sp³-hybridized carbons (Fsp3) is 0.750. The Morgan fingerprint density at radius 2 is 2.04 bits per heavy atom. The van der Waals surface area contributed by atoms with Gasteiger partial charge in [-0.2, -0.15) is 0 Å². The van der Waals surface area contributed by atoms with Crippen molar-refractivity contribution in [1.29, 1.82) is 0 Å². The number of hydrogen-bond donors (Lipinski definition) is 1. The topological polar surface area (TPSA) is 63.6 Å². The summed E-state index contributed by atoms with van der Waals surface area (Å²) in [7, 11) is 0. The second-order valence-electron chi connectivity index (χ2n) is 10.3. The SMILES string of the molecule is CC(C)OCC(=O)[C@H]1CCC2[C@@H]3CCC4=CC(=O)C=C[C@]4(C)[C@H]3[C@@H](O)C[C@@]21C. The summed E-state index contributed by atoms with van der Waals surface area (Å²) in [5.41, 5.74) is 0.796. The zero-order valence-electron chi connectivity index (χ0n) is 17.6. The maximum atomic E-state index is 12.9. The minimum Gasteiger partial charge on any atom is -0.393 e. The summed E-state index contributed by atoms with van der Waals surface area (Å²) in [5, 5.41) is 11.3. The van der Waals surface area contributed by atoms with Crippen molar-refractivity contribution in [3.63, 3.8) is 0 Å². The van der Waals surface area contributed by atoms with Gasteiger partial charge >= 0.3 is 0 Å². The van der Waals surface area contributed by atoms with E-state index < -0.39 is 6.10 Å². The zero-order chi connectivity index (χ0) is 20.3. The monoisotopic (exact) mass is 386 g/mol. The molecule has 3 saturated carbocycles. The van der Waals surface area contributed by atoms with E-state index in [1.807, 2.05) is 19.9 Å². The molecule has 4 nitrogen and oxygen atoms in total. The highest BCUT2D eigenvalue weighted by Crippen LogP contribution is 2.66. The second-order valence-corrected chi connectivity index (χ2v) is 10.3. The maximum Gasteiger partial charge on any atom is 0.178 e. The average Bonchev–Trinajstić information content (AvgIpc) is 2.96. The number of rotatable bonds is 4. The van der Waals surface area contributed by atoms with E-state index >= 15 is 0 Å². The smallest absolute Gasteiger partial charge is 0.178 e. The van der Waals surface area contributed by atoms with Crippen molar-refractivity contribution >= 4 is 11.6 Å². The molecule has 4 aliphatic carbocycles. The van der Waals surface area contributed by atoms with Gasteiger partial charge < -0.3 is 9.84 Å². The van der Waals surface area contributed by atoms with Crippen LogP contribution in [-0.2, 0) is 14.3 Å². The van der Waals surface area contributed by atoms with Gasteiger partial charge in [0, 0.05) is 17.3 Å². The standard InChI is InChI=1S/C24H34O4/c1-14(2)28-13-21(27)19-8-7-18-17-6-5-15-11-16(25)9-10-23(15,3)22(17)20(26)12-24(18,19)4/h9-11,14,17-20,22,26H,5-8,12-13H2,1-4H3/t17-,18?,19+,20-,22+,23-,24-/m0/s1. The molecule has 0 aromatic rings. The maximum absolute atomic E-state index is 12.9. The molecule has 0 saturated heterocycles. The molecule has 28 heavy (non-hydrogen) atoms. The number of fused-ring (bicyclic) bond motifs is 5. The zero-order valence-corrected chi connectivity index (χ0v) is 17.6. The number of ether oxygens (including phenoxy) is 1. The Hall–Kier alpha value is -1.26. The van der Waals surface area contributed by atoms with Crippen LogP contribution in [0.5, 0.6) is 0 Å². The highest BCUT2D eigenvalue weighted by molar-refractivity contribution is 6.01. The molecule has 4 aliphatic rings. The van der Waals surface area contributed by atoms with Crippen LogP contribution in [0.3, 0.4) is 0 Å². The summed E-state index contributed by atoms with van der Waals surface area (Å²) >= 11 is 0. The first-order chi connectivity index (χ1) is 13.2. The lowest BCUT2D eigenvalue weighted by Gasteiger charge is -2.58. The fourth-order valence-corrected chi connectivity index (χ4v) is 7.20. The number of aliphatic hydroxyl groups excluding tert-OH is 1. The van der Waals surface area contributed by atoms with Crippen molar-refractivity contribution in [3.8, 4) is 0 Å². The predicted molar refractivity (Wildman–Crippen MR) is 108 cm³/mol. The van der Waals surface area contributed by atoms with Crippen LogP contribution < -0.4 is 0 Å². The van der Waals surface area contributed by atoms with Crippen molar-refractivity contribution < 1.29 is 19.4 Å². The quantitative estimate of drug-likeness (QED) is 0.796. The fourth-order valence-electron chi connectivity index (χ4n) is 7.20. The largest absolute Gasteiger partial charge is 0.393 e. The van der Waals surface area contributed by atoms with Crippen molar-refractivity contribution in [2.75, 3.05) is 6.61 Å². The molecule has 3 fully saturated rings. The lowest BCUT2D eigenvalue weighted by atomic mass is 9.46. The Morgan fingerprint density at radius 1 is 1.29 bits per heavy atom. The summed E-state index contributed by atoms with van der Waals surface area (Å²) in [6.45, 7) is 8.52. The molecule has 0 aromatic carbocycles. The van der Waals surface area contributed by atoms with E-state index in [1.54, 1.807) is 12.2 Å². The minimum absolute atomic E-state index is 0.0138. The molecule has 0 amide bonds. The summed E-state index contributed by atoms with van der Waals surface area (Å²) < 4.78 is 5.61. The third kappa shape index (κ3) is 2.95. The number of carbonyl (C=O) groups is 2. The van der Waals surface area contributed by atoms with Gasteiger partial charge in [0.15, 0.2) is 11.6 Å². The Morgan fingerprint density at radius 3 is 2.75 bits per heavy atom. The van der Waals surface area contributed by atoms with E-state index in [2.05, 4.69) is 13.8 Å². The number of Topliss-reactive ketones (excluding diaryl/α,β-unsaturated/α-hetero) is 1. The number of carbonyl (C=O) groups excluding carboxylic acids is 2. The Bertz CT molecular complexity index is 735. The first kappa shape index (κ1) is 20.0. The third-order valence-corrected chi connectivity index (χ3v) is 8.44. The molecule has 154 valence electrons. The van der Waals surface area contributed by atoms with Gasteiger partial charge in [-0.15, -0.1) is 0 Å². The van der Waals surface area contributed by atoms with Gasteiger partial charge in [-0.25, -0.2) is 0 Å². The molecular weight excluding hydrogens is 352 g/mol. The molecule has 4 rings (SSSR count). The molecule has 0 aliphatic heterocycles. The van der Waals surface area contributed by atoms with Crippen LogP contribution in [0.25, 0.3) is 0 Å². The van der Waals surface area contributed by atoms with Crippen molar-refractivity contribution in [3.05, 3.63) is 23.8 Å². The molecule has 0 bridgehead atoms. The van der Waals surface area contributed by atoms with Crippen LogP contribution in [0.15, 0.2) is 23.8 Å². The minimum atomic E-state index is -0.447. The molecule has 0 spiro atoms. The summed E-state index contributed by atoms with van der Waals surface area (Å²) in [4.78, 5) is 24.8. The van der Waals surface area contributed by atoms with Gasteiger partial charge in [0.1, 0.15) is 6.61 Å². The Balaban J connectivity index is 1.61. The van der Waals surface area contributed by atoms with Gasteiger partial charge in [0.25, 0.3) is 0 Å². The first-order valence-corrected chi connectivity index (χ1v) is 10.9. The van der Waals surface area contributed by atoms with Gasteiger partial charge in [-0.05, 0) is 75.4 Å². The average molecular weight is 387 g/mol. The predicted octanol–water partition coefficient (Wildman–Crippen LogP) is 3.88. The van der Waals surface area contributed by atoms with Crippen LogP contribution >= 0.6 is 0 Å². The highest BCUT2D eigenvalue weighted by atomic mass is 16.5. The number of hydrogen-bond acceptors (Lipinski definition) is 4. The van der Waals surface area contributed by atoms with E-state index in [1.165, 1.54) is 5.57 Å². The molecule has 1 N–H and O–H groups in total. The van der Waals surface area contributed by atoms with Crippen molar-refractivity contribution in [1.82, 2.24) is 0 Å². The van der Waals surface area contributed by atoms with E-state index in [0.29, 0.717) is 18.3 Å². The lowest BCUT2D eigenvalue weighted by molar-refractivity contribution is -0.143. The third-order valence-electron chi connectivity index (χ3n) is 8.44. The number of allylic oxidation sites excluding steroid dienone is 4. The van der Waals surface area contributed by atoms with Crippen molar-refractivity contribution in [2.45, 2.75) is 72.0 Å². The summed E-state index contributed by atoms with van der Waals surface area (Å²) in [6, 6.07) is 0. The van der Waals surface area contributed by atoms with Crippen molar-refractivity contribution in [2.24, 2.45) is 34.5 Å². The first-order valence-electron chi connectivity index (χ1n) is 10.9. The molecule has 7 atom stereocenters. The molecule has 0 radical (unpaired) electrons. The van der Waals surface area contributed by atoms with E-state index in [9.17, 15) is 14.7 Å². The highest BCUT2D eigenvalue weighted by Gasteiger charge is 2.62. The van der Waals surface area contributed by atoms with Gasteiger partial charge in [0.05, 0.1) is 12.2 Å². The van der Waals surface area contributed by atoms with Gasteiger partial charge in [0.2, 0.25) is 0 Å². The van der Waals surface area contributed by atoms with E-state index in [0.717, 1.165) is 25.7 Å². The van der Waals surface area contributed by atoms with E-state index in [4.69, 9.17) is 4.74 Å². The van der Waals surface area contributed by atoms with Gasteiger partial charge in [-0.3, -0.25) is 9.59 Å². The number of aliphatic hydroxyl groups is 1. The summed E-state index contributed by atoms with van der Waals surface area (Å²) in [5.74, 6) is 1.25. The molecule has 0 heterocycles. The number of ketones is 2. The van der Waals surface area contributed by atoms with Crippen LogP contribution in [0, 0.1) is 34.5 Å². The van der Waals surface area contributed by atoms with E-state index in [-0.39, 0.29) is 46.9 Å². The van der Waals surface area contributed by atoms with Gasteiger partial charge in [-0.1, -0.05) is 25.5 Å². The van der Waals surface area contributed by atoms with Crippen LogP contribution in [-0.4, -0.2) is 35.5 Å². The normalized spacial score (nSPS) is 44.7. The Labute approximate surface area is 168 Å². The van der Waals surface area contributed by atoms with Crippen LogP contribution in [0.1, 0.15) is 59.8 Å². The molecule has 1 unspecified atom stereocenters. The molecule has 4 heteroatoms. The molecular formula is C24H34O4. The second kappa shape index (κ2) is 6.91. The lowest BCUT2D eigenvalue weighted by Crippen LogP contribution is -2.56. The summed E-state index contributed by atoms with van der Waals surface area (Å²) in [6.07, 6.45) is 9.68. The van der Waals surface area contributed by atoms with Crippen LogP contribution in [0.2, 0.25) is 0 Å². The molecule has 0 aromatic heterocycles. The van der Waals surface area contributed by atoms with Crippen LogP contribution in [0.4, 0.5) is 0 Å². The Kier molecular flexibility index (Phi) is 4.95.